The second-order valence-electron chi connectivity index (χ2n) is 29.4. The number of carbonyl (C=O) groups is 2. The minimum Gasteiger partial charge on any atom is -0.394 e. The molecule has 0 radical (unpaired) electrons. The lowest BCUT2D eigenvalue weighted by atomic mass is 9.92. The third-order valence-corrected chi connectivity index (χ3v) is 21.5. The highest BCUT2D eigenvalue weighted by Crippen LogP contribution is 2.42. The van der Waals surface area contributed by atoms with Crippen LogP contribution in [0.3, 0.4) is 0 Å². The molecule has 0 aliphatic carbocycles. The molecular formula is C64H108N2O47. The van der Waals surface area contributed by atoms with Gasteiger partial charge in [-0.25, -0.2) is 0 Å². The fourth-order valence-electron chi connectivity index (χ4n) is 14.9. The highest BCUT2D eigenvalue weighted by Gasteiger charge is 2.63. The number of rotatable bonds is 26. The van der Waals surface area contributed by atoms with Crippen LogP contribution in [0.25, 0.3) is 0 Å². The lowest BCUT2D eigenvalue weighted by Crippen LogP contribution is -2.73. The molecule has 10 aliphatic rings. The summed E-state index contributed by atoms with van der Waals surface area (Å²) in [4.78, 5) is 27.3. The summed E-state index contributed by atoms with van der Waals surface area (Å²) in [6.45, 7) is -0.143. The SMILES string of the molecule is CC(=O)N[C@@H]1[C@@H](O[C@@H]2O[C@@H](C)[C@@H](O)[C@@H](O)[C@@H]2O)[C@H](O[C@@H]2O[C@H](CO)[C@@H](O[C@@H]3O[C@H](CO)[C@@H](O[C@@H]4O[C@H](CO)[C@H](O)[C@H](O)[C@H]4O[C@@H]4O[C@@H](C)[C@@H](O)[C@@H](O)[C@@H]4O)[C@H](O[C@H]4O[C@H](CO)[C@@H](O)[C@H](O)[C@@H]4O)[C@@H]3O)[C@H](O[C@@H]3O[C@@H](C)[C@@H](O)[C@@H](O)[C@@H]3OC3O[C@H](CO)[C@H](O)[C@H](O)[C@H]3O)[C@H]2NC(C)=O)[C@@H](CO[C@@H]2O[C@@H](C)[C@@H](O)[C@@H](O)[C@@H]2O)O[C@H]1O. The van der Waals surface area contributed by atoms with Crippen LogP contribution >= 0.6 is 0 Å². The van der Waals surface area contributed by atoms with E-state index in [1.165, 1.54) is 27.7 Å². The van der Waals surface area contributed by atoms with Crippen LogP contribution in [-0.2, 0) is 99.6 Å². The molecule has 0 saturated carbocycles. The molecule has 0 spiro atoms. The zero-order valence-electron chi connectivity index (χ0n) is 61.3. The maximum Gasteiger partial charge on any atom is 0.217 e. The van der Waals surface area contributed by atoms with E-state index in [2.05, 4.69) is 10.6 Å². The number of ether oxygens (including phenoxy) is 19. The molecule has 50 atom stereocenters. The number of aliphatic hydroxyl groups is 26. The largest absolute Gasteiger partial charge is 0.394 e. The van der Waals surface area contributed by atoms with Crippen LogP contribution in [0.15, 0.2) is 0 Å². The molecular weight excluding hydrogens is 1550 g/mol. The second-order valence-corrected chi connectivity index (χ2v) is 29.4. The van der Waals surface area contributed by atoms with Gasteiger partial charge in [0.25, 0.3) is 0 Å². The Balaban J connectivity index is 1.09. The first-order chi connectivity index (χ1) is 53.3. The highest BCUT2D eigenvalue weighted by atomic mass is 16.8. The van der Waals surface area contributed by atoms with Gasteiger partial charge in [0.15, 0.2) is 62.9 Å². The minimum atomic E-state index is -2.64. The third kappa shape index (κ3) is 19.7. The molecule has 0 aromatic heterocycles. The van der Waals surface area contributed by atoms with Gasteiger partial charge in [0.2, 0.25) is 11.8 Å². The van der Waals surface area contributed by atoms with E-state index in [4.69, 9.17) is 90.0 Å². The summed E-state index contributed by atoms with van der Waals surface area (Å²) in [6.07, 6.45) is -99.3. The minimum absolute atomic E-state index is 0.889. The van der Waals surface area contributed by atoms with E-state index >= 15 is 0 Å². The van der Waals surface area contributed by atoms with Crippen molar-refractivity contribution in [2.24, 2.45) is 0 Å². The first-order valence-corrected chi connectivity index (χ1v) is 36.6. The molecule has 1 unspecified atom stereocenters. The van der Waals surface area contributed by atoms with Gasteiger partial charge in [0.05, 0.1) is 64.1 Å². The molecule has 113 heavy (non-hydrogen) atoms. The lowest BCUT2D eigenvalue weighted by Gasteiger charge is -2.53. The van der Waals surface area contributed by atoms with Crippen molar-refractivity contribution in [3.8, 4) is 0 Å². The van der Waals surface area contributed by atoms with Crippen molar-refractivity contribution in [3.05, 3.63) is 0 Å². The number of carbonyl (C=O) groups excluding carboxylic acids is 2. The van der Waals surface area contributed by atoms with Gasteiger partial charge in [-0.15, -0.1) is 0 Å². The molecule has 49 nitrogen and oxygen atoms in total. The van der Waals surface area contributed by atoms with Gasteiger partial charge in [-0.05, 0) is 27.7 Å². The molecule has 10 saturated heterocycles. The Kier molecular flexibility index (Phi) is 32.2. The van der Waals surface area contributed by atoms with Crippen molar-refractivity contribution < 1.29 is 232 Å². The first-order valence-electron chi connectivity index (χ1n) is 36.6. The van der Waals surface area contributed by atoms with Crippen LogP contribution in [0.2, 0.25) is 0 Å². The Morgan fingerprint density at radius 1 is 0.248 bits per heavy atom. The van der Waals surface area contributed by atoms with Gasteiger partial charge >= 0.3 is 0 Å². The Labute approximate surface area is 641 Å². The van der Waals surface area contributed by atoms with Crippen molar-refractivity contribution in [1.29, 1.82) is 0 Å². The van der Waals surface area contributed by atoms with E-state index in [0.717, 1.165) is 13.8 Å². The molecule has 656 valence electrons. The van der Waals surface area contributed by atoms with Gasteiger partial charge < -0.3 is 233 Å². The van der Waals surface area contributed by atoms with Gasteiger partial charge in [0.1, 0.15) is 220 Å². The van der Waals surface area contributed by atoms with E-state index in [0.29, 0.717) is 0 Å². The van der Waals surface area contributed by atoms with Crippen molar-refractivity contribution in [2.45, 2.75) is 348 Å². The molecule has 49 heteroatoms. The van der Waals surface area contributed by atoms with E-state index < -0.39 is 358 Å². The average molecular weight is 1660 g/mol. The van der Waals surface area contributed by atoms with Gasteiger partial charge in [-0.2, -0.15) is 0 Å². The topological polar surface area (TPSA) is 760 Å². The van der Waals surface area contributed by atoms with Crippen molar-refractivity contribution >= 4 is 11.8 Å². The molecule has 10 aliphatic heterocycles. The second kappa shape index (κ2) is 39.3. The molecule has 10 rings (SSSR count). The maximum absolute atomic E-state index is 14.1. The van der Waals surface area contributed by atoms with E-state index in [-0.39, 0.29) is 0 Å². The third-order valence-electron chi connectivity index (χ3n) is 21.5. The summed E-state index contributed by atoms with van der Waals surface area (Å²) in [5.41, 5.74) is 0. The van der Waals surface area contributed by atoms with Crippen LogP contribution in [0.4, 0.5) is 0 Å². The summed E-state index contributed by atoms with van der Waals surface area (Å²) < 4.78 is 116. The van der Waals surface area contributed by atoms with E-state index in [1.807, 2.05) is 0 Å². The van der Waals surface area contributed by atoms with Crippen LogP contribution in [-0.4, -0.2) is 491 Å². The predicted molar refractivity (Wildman–Crippen MR) is 347 cm³/mol. The summed E-state index contributed by atoms with van der Waals surface area (Å²) in [5, 5.41) is 295. The van der Waals surface area contributed by atoms with Gasteiger partial charge in [0, 0.05) is 13.8 Å². The Bertz CT molecular complexity index is 2970. The van der Waals surface area contributed by atoms with Crippen LogP contribution in [0.5, 0.6) is 0 Å². The smallest absolute Gasteiger partial charge is 0.217 e. The summed E-state index contributed by atoms with van der Waals surface area (Å²) in [7, 11) is 0. The fraction of sp³-hybridized carbons (Fsp3) is 0.969. The average Bonchev–Trinajstić information content (AvgIpc) is 0.750. The molecule has 10 fully saturated rings. The Morgan fingerprint density at radius 3 is 0.965 bits per heavy atom. The summed E-state index contributed by atoms with van der Waals surface area (Å²) in [5.74, 6) is -2.03. The van der Waals surface area contributed by atoms with Gasteiger partial charge in [-0.3, -0.25) is 9.59 Å². The normalized spacial score (nSPS) is 52.8. The number of hydrogen-bond acceptors (Lipinski definition) is 47. The number of hydrogen-bond donors (Lipinski definition) is 28. The molecule has 0 aromatic carbocycles. The maximum atomic E-state index is 14.1. The van der Waals surface area contributed by atoms with E-state index in [9.17, 15) is 142 Å². The Morgan fingerprint density at radius 2 is 0.513 bits per heavy atom. The monoisotopic (exact) mass is 1660 g/mol. The quantitative estimate of drug-likeness (QED) is 0.0382. The number of amides is 2. The number of nitrogens with one attached hydrogen (secondary N) is 2. The molecule has 0 bridgehead atoms. The van der Waals surface area contributed by atoms with Gasteiger partial charge in [-0.1, -0.05) is 0 Å². The Hall–Kier alpha value is -2.86. The lowest BCUT2D eigenvalue weighted by molar-refractivity contribution is -0.415. The molecule has 10 heterocycles. The standard InChI is InChI=1S/C64H108N2O47/c1-13-27(74)34(81)41(88)57(96-13)95-12-24-49(50(25(55(94)100-24)65-17(5)72)109-58-42(89)35(82)28(75)14(2)97-58)106-56-26(66-18(6)73)51(110-63-53(39(86)30(77)16(4)99-63)113-61-45(92)38(85)32(79)20(8-68)102-61)47(22(10-70)104-56)107-62-46(93)52(111-60-44(91)37(84)31(78)19(7-67)101-60)48(23(11-71)105-62)108-64-54(40(87)33(80)21(9-69)103-64)112-59-43(90)36(83)29(76)15(3)98-59/h13-16,19-64,67-71,74-94H,7-12H2,1-6H3,(H,65,72)(H,66,73)/t13-,14-,15-,16-,19+,20+,21+,22+,23+,24+,25+,26+,27+,28+,29+,30+,31+,32-,33-,34+,35+,36+,37-,38-,39+,40-,41-,42-,43-,44-,45+,46-,47+,48+,49+,50+,51+,52+,53-,54+,55+,56-,57+,58-,59-,60+,61?,62-,63-,64-/m0/s1. The zero-order chi connectivity index (χ0) is 83.1. The van der Waals surface area contributed by atoms with Crippen molar-refractivity contribution in [2.75, 3.05) is 39.6 Å². The molecule has 0 aromatic rings. The van der Waals surface area contributed by atoms with Crippen molar-refractivity contribution in [3.63, 3.8) is 0 Å². The highest BCUT2D eigenvalue weighted by molar-refractivity contribution is 5.73. The van der Waals surface area contributed by atoms with Crippen LogP contribution < -0.4 is 10.6 Å². The molecule has 28 N–H and O–H groups in total. The first kappa shape index (κ1) is 92.4. The predicted octanol–water partition coefficient (Wildman–Crippen LogP) is -18.4. The number of aliphatic hydroxyl groups excluding tert-OH is 26. The molecule has 2 amide bonds. The van der Waals surface area contributed by atoms with Crippen LogP contribution in [0, 0.1) is 0 Å². The summed E-state index contributed by atoms with van der Waals surface area (Å²) in [6, 6.07) is -4.15. The van der Waals surface area contributed by atoms with Crippen molar-refractivity contribution in [1.82, 2.24) is 10.6 Å². The van der Waals surface area contributed by atoms with Crippen LogP contribution in [0.1, 0.15) is 41.5 Å². The fourth-order valence-corrected chi connectivity index (χ4v) is 14.9. The van der Waals surface area contributed by atoms with E-state index in [1.54, 1.807) is 0 Å². The zero-order valence-corrected chi connectivity index (χ0v) is 61.3. The summed E-state index contributed by atoms with van der Waals surface area (Å²) >= 11 is 0.